The van der Waals surface area contributed by atoms with E-state index < -0.39 is 11.1 Å². The number of fused-ring (bicyclic) bond motifs is 2. The van der Waals surface area contributed by atoms with E-state index in [1.54, 1.807) is 24.3 Å². The average molecular weight is 535 g/mol. The van der Waals surface area contributed by atoms with E-state index in [1.165, 1.54) is 32.9 Å². The maximum absolute atomic E-state index is 12.3. The second-order valence-corrected chi connectivity index (χ2v) is 11.4. The SMILES string of the molecule is O=C1c2ccccc2C(=O)c2cc(S(=O)[O-])ccc21.c1ccc([S+](c2ccccc2)c2ccccc2)cc1. The summed E-state index contributed by atoms with van der Waals surface area (Å²) in [6.45, 7) is 0. The summed E-state index contributed by atoms with van der Waals surface area (Å²) < 4.78 is 21.8. The highest BCUT2D eigenvalue weighted by Crippen LogP contribution is 2.31. The number of hydrogen-bond acceptors (Lipinski definition) is 4. The highest BCUT2D eigenvalue weighted by molar-refractivity contribution is 7.97. The molecule has 0 N–H and O–H groups in total. The van der Waals surface area contributed by atoms with Gasteiger partial charge in [0, 0.05) is 27.1 Å². The largest absolute Gasteiger partial charge is 0.768 e. The van der Waals surface area contributed by atoms with Crippen molar-refractivity contribution in [2.45, 2.75) is 19.6 Å². The quantitative estimate of drug-likeness (QED) is 0.192. The van der Waals surface area contributed by atoms with Crippen molar-refractivity contribution in [2.75, 3.05) is 0 Å². The molecule has 0 amide bonds. The summed E-state index contributed by atoms with van der Waals surface area (Å²) in [6.07, 6.45) is 0. The standard InChI is InChI=1S/C18H15S.C14H8O4S/c1-4-10-16(11-5-1)19(17-12-6-2-7-13-17)18-14-8-3-9-15-18;15-13-9-3-1-2-4-10(9)14(16)12-7-8(19(17)18)5-6-11(12)13/h1-15H;1-7H,(H,17,18)/q+1;/p-1. The highest BCUT2D eigenvalue weighted by Gasteiger charge is 2.29. The molecule has 186 valence electrons. The second kappa shape index (κ2) is 11.5. The van der Waals surface area contributed by atoms with E-state index in [0.717, 1.165) is 0 Å². The van der Waals surface area contributed by atoms with Crippen LogP contribution in [0.25, 0.3) is 0 Å². The van der Waals surface area contributed by atoms with Gasteiger partial charge in [-0.1, -0.05) is 78.9 Å². The third kappa shape index (κ3) is 5.29. The minimum atomic E-state index is -2.42. The van der Waals surface area contributed by atoms with E-state index in [4.69, 9.17) is 0 Å². The number of rotatable bonds is 4. The Morgan fingerprint density at radius 1 is 0.474 bits per heavy atom. The van der Waals surface area contributed by atoms with Crippen LogP contribution in [0, 0.1) is 0 Å². The summed E-state index contributed by atoms with van der Waals surface area (Å²) in [5.74, 6) is -0.578. The lowest BCUT2D eigenvalue weighted by Crippen LogP contribution is -2.21. The van der Waals surface area contributed by atoms with Gasteiger partial charge >= 0.3 is 0 Å². The van der Waals surface area contributed by atoms with Gasteiger partial charge in [0.15, 0.2) is 26.3 Å². The average Bonchev–Trinajstić information content (AvgIpc) is 2.98. The van der Waals surface area contributed by atoms with Crippen LogP contribution in [-0.2, 0) is 22.0 Å². The lowest BCUT2D eigenvalue weighted by molar-refractivity contribution is 0.0979. The fourth-order valence-electron chi connectivity index (χ4n) is 4.26. The summed E-state index contributed by atoms with van der Waals surface area (Å²) in [6, 6.07) is 42.6. The summed E-state index contributed by atoms with van der Waals surface area (Å²) in [4.78, 5) is 28.6. The third-order valence-electron chi connectivity index (χ3n) is 6.03. The molecule has 38 heavy (non-hydrogen) atoms. The molecule has 0 saturated carbocycles. The molecule has 1 aliphatic rings. The molecule has 4 nitrogen and oxygen atoms in total. The monoisotopic (exact) mass is 534 g/mol. The maximum atomic E-state index is 12.3. The lowest BCUT2D eigenvalue weighted by Gasteiger charge is -2.18. The molecule has 0 aromatic heterocycles. The first-order chi connectivity index (χ1) is 18.5. The summed E-state index contributed by atoms with van der Waals surface area (Å²) in [5.41, 5.74) is 1.06. The molecule has 0 aliphatic heterocycles. The maximum Gasteiger partial charge on any atom is 0.194 e. The fourth-order valence-corrected chi connectivity index (χ4v) is 6.76. The molecule has 1 aliphatic carbocycles. The van der Waals surface area contributed by atoms with Crippen LogP contribution in [0.5, 0.6) is 0 Å². The first-order valence-corrected chi connectivity index (χ1v) is 14.2. The van der Waals surface area contributed by atoms with Gasteiger partial charge in [-0.25, -0.2) is 0 Å². The van der Waals surface area contributed by atoms with Gasteiger partial charge in [-0.05, 0) is 65.7 Å². The molecule has 0 fully saturated rings. The molecule has 0 radical (unpaired) electrons. The first-order valence-electron chi connectivity index (χ1n) is 11.9. The van der Waals surface area contributed by atoms with E-state index in [9.17, 15) is 18.4 Å². The third-order valence-corrected chi connectivity index (χ3v) is 8.90. The molecular formula is C32H22O4S2. The zero-order chi connectivity index (χ0) is 26.5. The predicted octanol–water partition coefficient (Wildman–Crippen LogP) is 6.48. The Morgan fingerprint density at radius 2 is 0.842 bits per heavy atom. The van der Waals surface area contributed by atoms with Crippen LogP contribution in [-0.4, -0.2) is 20.3 Å². The normalized spacial score (nSPS) is 12.7. The van der Waals surface area contributed by atoms with Crippen LogP contribution in [0.1, 0.15) is 31.8 Å². The van der Waals surface area contributed by atoms with Gasteiger partial charge in [0.1, 0.15) is 0 Å². The van der Waals surface area contributed by atoms with E-state index in [0.29, 0.717) is 11.1 Å². The number of carbonyl (C=O) groups is 2. The van der Waals surface area contributed by atoms with Crippen molar-refractivity contribution in [1.29, 1.82) is 0 Å². The van der Waals surface area contributed by atoms with E-state index in [-0.39, 0.29) is 38.5 Å². The van der Waals surface area contributed by atoms with Crippen LogP contribution in [0.15, 0.2) is 153 Å². The summed E-state index contributed by atoms with van der Waals surface area (Å²) in [7, 11) is -0.0146. The Bertz CT molecular complexity index is 1520. The number of carbonyl (C=O) groups excluding carboxylic acids is 2. The minimum Gasteiger partial charge on any atom is -0.768 e. The molecule has 0 bridgehead atoms. The van der Waals surface area contributed by atoms with Crippen molar-refractivity contribution in [3.8, 4) is 0 Å². The van der Waals surface area contributed by atoms with Crippen molar-refractivity contribution in [2.24, 2.45) is 0 Å². The van der Waals surface area contributed by atoms with Crippen LogP contribution >= 0.6 is 0 Å². The van der Waals surface area contributed by atoms with Crippen molar-refractivity contribution < 1.29 is 18.4 Å². The van der Waals surface area contributed by atoms with Gasteiger partial charge in [-0.15, -0.1) is 0 Å². The van der Waals surface area contributed by atoms with Gasteiger partial charge in [0.25, 0.3) is 0 Å². The van der Waals surface area contributed by atoms with Crippen LogP contribution < -0.4 is 0 Å². The Balaban J connectivity index is 0.000000155. The zero-order valence-corrected chi connectivity index (χ0v) is 21.8. The molecule has 0 heterocycles. The Hall–Kier alpha value is -4.10. The first kappa shape index (κ1) is 25.5. The second-order valence-electron chi connectivity index (χ2n) is 8.39. The molecule has 0 saturated heterocycles. The van der Waals surface area contributed by atoms with E-state index in [1.807, 2.05) is 0 Å². The van der Waals surface area contributed by atoms with Gasteiger partial charge in [-0.3, -0.25) is 13.8 Å². The number of benzene rings is 5. The number of ketones is 2. The van der Waals surface area contributed by atoms with E-state index in [2.05, 4.69) is 91.0 Å². The van der Waals surface area contributed by atoms with Crippen molar-refractivity contribution >= 4 is 33.5 Å². The van der Waals surface area contributed by atoms with Crippen molar-refractivity contribution in [3.05, 3.63) is 156 Å². The minimum absolute atomic E-state index is 0.000666. The molecular weight excluding hydrogens is 512 g/mol. The fraction of sp³-hybridized carbons (Fsp3) is 0. The highest BCUT2D eigenvalue weighted by atomic mass is 32.2. The van der Waals surface area contributed by atoms with Crippen LogP contribution in [0.3, 0.4) is 0 Å². The van der Waals surface area contributed by atoms with Crippen LogP contribution in [0.2, 0.25) is 0 Å². The topological polar surface area (TPSA) is 74.3 Å². The predicted molar refractivity (Wildman–Crippen MR) is 148 cm³/mol. The smallest absolute Gasteiger partial charge is 0.194 e. The van der Waals surface area contributed by atoms with E-state index >= 15 is 0 Å². The molecule has 6 rings (SSSR count). The zero-order valence-electron chi connectivity index (χ0n) is 20.2. The van der Waals surface area contributed by atoms with Crippen molar-refractivity contribution in [1.82, 2.24) is 0 Å². The summed E-state index contributed by atoms with van der Waals surface area (Å²) >= 11 is -2.42. The van der Waals surface area contributed by atoms with Crippen LogP contribution in [0.4, 0.5) is 0 Å². The van der Waals surface area contributed by atoms with Gasteiger partial charge < -0.3 is 4.55 Å². The molecule has 1 unspecified atom stereocenters. The Labute approximate surface area is 226 Å². The molecule has 1 atom stereocenters. The molecule has 0 spiro atoms. The van der Waals surface area contributed by atoms with Crippen molar-refractivity contribution in [3.63, 3.8) is 0 Å². The number of hydrogen-bond donors (Lipinski definition) is 0. The Morgan fingerprint density at radius 3 is 1.26 bits per heavy atom. The molecule has 6 heteroatoms. The molecule has 5 aromatic rings. The van der Waals surface area contributed by atoms with Gasteiger partial charge in [-0.2, -0.15) is 0 Å². The summed E-state index contributed by atoms with van der Waals surface area (Å²) in [5, 5.41) is 0. The molecule has 5 aromatic carbocycles. The van der Waals surface area contributed by atoms with Gasteiger partial charge in [0.2, 0.25) is 0 Å². The lowest BCUT2D eigenvalue weighted by atomic mass is 9.84. The van der Waals surface area contributed by atoms with Gasteiger partial charge in [0.05, 0.1) is 10.9 Å². The Kier molecular flexibility index (Phi) is 7.75.